The van der Waals surface area contributed by atoms with Crippen molar-refractivity contribution < 1.29 is 8.83 Å². The van der Waals surface area contributed by atoms with Gasteiger partial charge in [-0.1, -0.05) is 91.0 Å². The van der Waals surface area contributed by atoms with E-state index < -0.39 is 0 Å². The minimum Gasteiger partial charge on any atom is -0.456 e. The molecule has 6 heteroatoms. The average molecular weight is 715 g/mol. The van der Waals surface area contributed by atoms with Crippen molar-refractivity contribution in [3.05, 3.63) is 158 Å². The molecule has 0 unspecified atom stereocenters. The third-order valence-corrected chi connectivity index (χ3v) is 12.1. The second-order valence-electron chi connectivity index (χ2n) is 14.9. The van der Waals surface area contributed by atoms with Gasteiger partial charge in [0.1, 0.15) is 28.0 Å². The summed E-state index contributed by atoms with van der Waals surface area (Å²) in [7, 11) is 0. The molecule has 56 heavy (non-hydrogen) atoms. The van der Waals surface area contributed by atoms with Crippen LogP contribution in [-0.2, 0) is 0 Å². The third kappa shape index (κ3) is 3.48. The van der Waals surface area contributed by atoms with Crippen LogP contribution in [-0.4, -0.2) is 19.1 Å². The van der Waals surface area contributed by atoms with Gasteiger partial charge < -0.3 is 13.4 Å². The largest absolute Gasteiger partial charge is 0.456 e. The lowest BCUT2D eigenvalue weighted by Crippen LogP contribution is -2.03. The summed E-state index contributed by atoms with van der Waals surface area (Å²) in [5.41, 5.74) is 13.6. The van der Waals surface area contributed by atoms with E-state index >= 15 is 0 Å². The maximum Gasteiger partial charge on any atom is 0.236 e. The van der Waals surface area contributed by atoms with Gasteiger partial charge in [-0.25, -0.2) is 9.97 Å². The molecule has 0 atom stereocenters. The molecule has 6 nitrogen and oxygen atoms in total. The zero-order chi connectivity index (χ0) is 36.2. The number of fused-ring (bicyclic) bond motifs is 7. The van der Waals surface area contributed by atoms with Crippen molar-refractivity contribution >= 4 is 98.4 Å². The normalized spacial score (nSPS) is 12.6. The van der Waals surface area contributed by atoms with Gasteiger partial charge in [-0.2, -0.15) is 0 Å². The monoisotopic (exact) mass is 714 g/mol. The van der Waals surface area contributed by atoms with Gasteiger partial charge in [-0.15, -0.1) is 0 Å². The fourth-order valence-corrected chi connectivity index (χ4v) is 9.79. The fraction of sp³-hybridized carbons (Fsp3) is 0. The van der Waals surface area contributed by atoms with Gasteiger partial charge in [0.2, 0.25) is 5.95 Å². The number of hydrogen-bond donors (Lipinski definition) is 0. The van der Waals surface area contributed by atoms with Crippen LogP contribution in [0.4, 0.5) is 0 Å². The van der Waals surface area contributed by atoms with Gasteiger partial charge in [0.05, 0.1) is 22.1 Å². The van der Waals surface area contributed by atoms with Crippen LogP contribution >= 0.6 is 0 Å². The van der Waals surface area contributed by atoms with Crippen molar-refractivity contribution in [2.45, 2.75) is 0 Å². The summed E-state index contributed by atoms with van der Waals surface area (Å²) in [6, 6.07) is 55.7. The van der Waals surface area contributed by atoms with E-state index in [2.05, 4.69) is 149 Å². The third-order valence-electron chi connectivity index (χ3n) is 12.1. The zero-order valence-corrected chi connectivity index (χ0v) is 29.6. The molecule has 0 bridgehead atoms. The van der Waals surface area contributed by atoms with Crippen molar-refractivity contribution in [1.82, 2.24) is 19.1 Å². The van der Waals surface area contributed by atoms with Crippen LogP contribution in [0.3, 0.4) is 0 Å². The van der Waals surface area contributed by atoms with Crippen LogP contribution < -0.4 is 0 Å². The molecule has 0 aliphatic heterocycles. The lowest BCUT2D eigenvalue weighted by Gasteiger charge is -2.12. The lowest BCUT2D eigenvalue weighted by atomic mass is 9.95. The minimum absolute atomic E-state index is 0.593. The molecule has 5 heterocycles. The zero-order valence-electron chi connectivity index (χ0n) is 29.6. The van der Waals surface area contributed by atoms with E-state index in [-0.39, 0.29) is 0 Å². The Morgan fingerprint density at radius 1 is 0.411 bits per heavy atom. The summed E-state index contributed by atoms with van der Waals surface area (Å²) in [6.07, 6.45) is 0. The molecule has 1 aliphatic rings. The number of aromatic nitrogens is 4. The first-order chi connectivity index (χ1) is 27.8. The second kappa shape index (κ2) is 10.1. The Bertz CT molecular complexity index is 3880. The lowest BCUT2D eigenvalue weighted by molar-refractivity contribution is 0.666. The van der Waals surface area contributed by atoms with Crippen LogP contribution in [0.1, 0.15) is 0 Å². The molecule has 0 N–H and O–H groups in total. The van der Waals surface area contributed by atoms with Crippen molar-refractivity contribution in [1.29, 1.82) is 0 Å². The Morgan fingerprint density at radius 2 is 1.11 bits per heavy atom. The Morgan fingerprint density at radius 3 is 2.02 bits per heavy atom. The van der Waals surface area contributed by atoms with Crippen LogP contribution in [0.2, 0.25) is 0 Å². The molecule has 14 rings (SSSR count). The molecule has 13 aromatic rings. The van der Waals surface area contributed by atoms with Gasteiger partial charge in [-0.05, 0) is 88.6 Å². The summed E-state index contributed by atoms with van der Waals surface area (Å²) in [4.78, 5) is 10.9. The quantitative estimate of drug-likeness (QED) is 0.183. The molecule has 0 saturated heterocycles. The number of nitrogens with zero attached hydrogens (tertiary/aromatic N) is 4. The molecule has 0 amide bonds. The summed E-state index contributed by atoms with van der Waals surface area (Å²) in [5.74, 6) is 0.593. The first-order valence-electron chi connectivity index (χ1n) is 18.9. The molecule has 0 fully saturated rings. The van der Waals surface area contributed by atoms with Gasteiger partial charge in [-0.3, -0.25) is 4.57 Å². The molecular formula is C50H26N4O2. The highest BCUT2D eigenvalue weighted by Gasteiger charge is 2.28. The van der Waals surface area contributed by atoms with E-state index in [1.807, 2.05) is 18.2 Å². The van der Waals surface area contributed by atoms with Crippen molar-refractivity contribution in [2.75, 3.05) is 0 Å². The minimum atomic E-state index is 0.593. The van der Waals surface area contributed by atoms with Crippen LogP contribution in [0.15, 0.2) is 167 Å². The highest BCUT2D eigenvalue weighted by Crippen LogP contribution is 2.51. The fourth-order valence-electron chi connectivity index (χ4n) is 9.79. The van der Waals surface area contributed by atoms with Crippen LogP contribution in [0.25, 0.3) is 132 Å². The second-order valence-corrected chi connectivity index (χ2v) is 14.9. The smallest absolute Gasteiger partial charge is 0.236 e. The van der Waals surface area contributed by atoms with E-state index in [9.17, 15) is 0 Å². The molecule has 258 valence electrons. The number of benzene rings is 8. The molecular weight excluding hydrogens is 689 g/mol. The topological polar surface area (TPSA) is 61.9 Å². The van der Waals surface area contributed by atoms with Gasteiger partial charge in [0.15, 0.2) is 5.58 Å². The molecule has 0 radical (unpaired) electrons. The Labute approximate surface area is 317 Å². The van der Waals surface area contributed by atoms with Gasteiger partial charge >= 0.3 is 0 Å². The van der Waals surface area contributed by atoms with Crippen LogP contribution in [0.5, 0.6) is 0 Å². The van der Waals surface area contributed by atoms with E-state index in [0.717, 1.165) is 88.2 Å². The van der Waals surface area contributed by atoms with Gasteiger partial charge in [0.25, 0.3) is 0 Å². The predicted octanol–water partition coefficient (Wildman–Crippen LogP) is 13.3. The van der Waals surface area contributed by atoms with E-state index in [0.29, 0.717) is 11.5 Å². The Kier molecular flexibility index (Phi) is 5.18. The molecule has 0 saturated carbocycles. The van der Waals surface area contributed by atoms with Gasteiger partial charge in [0, 0.05) is 49.0 Å². The maximum absolute atomic E-state index is 6.67. The summed E-state index contributed by atoms with van der Waals surface area (Å²) in [5, 5.41) is 10.4. The number of hydrogen-bond acceptors (Lipinski definition) is 4. The highest BCUT2D eigenvalue weighted by molar-refractivity contribution is 6.38. The molecule has 5 aromatic heterocycles. The SMILES string of the molecule is c1ccc(-n2c3ccccc3c3cc(-c4nc(-n5c6ccc7cccc8c7c6c6c7c(ccc65)oc5cccc-8c57)nc5c4oc4ccccc45)ccc32)cc1. The first kappa shape index (κ1) is 28.8. The molecule has 0 spiro atoms. The maximum atomic E-state index is 6.67. The molecule has 8 aromatic carbocycles. The Balaban J connectivity index is 1.12. The summed E-state index contributed by atoms with van der Waals surface area (Å²) < 4.78 is 17.8. The number of rotatable bonds is 3. The van der Waals surface area contributed by atoms with Crippen molar-refractivity contribution in [3.63, 3.8) is 0 Å². The standard InChI is InChI=1S/C50H26N4O2/c1-2-11-29(12-3-1)53-35-17-6-4-13-30(35)34-26-28(21-22-36(34)53)47-49-48(33-14-5-7-18-39(33)56-49)52-50(51-47)54-37-23-20-27-10-8-15-31-32-16-9-19-40-43(32)46-41(55-40)25-24-38(54)45(46)44(37)42(27)31/h1-26H. The number of furan rings is 2. The summed E-state index contributed by atoms with van der Waals surface area (Å²) in [6.45, 7) is 0. The average Bonchev–Trinajstić information content (AvgIpc) is 3.98. The van der Waals surface area contributed by atoms with E-state index in [1.54, 1.807) is 0 Å². The van der Waals surface area contributed by atoms with Crippen LogP contribution in [0, 0.1) is 0 Å². The number of para-hydroxylation sites is 3. The Hall–Kier alpha value is -7.70. The summed E-state index contributed by atoms with van der Waals surface area (Å²) >= 11 is 0. The van der Waals surface area contributed by atoms with Crippen molar-refractivity contribution in [2.24, 2.45) is 0 Å². The predicted molar refractivity (Wildman–Crippen MR) is 227 cm³/mol. The molecule has 1 aliphatic carbocycles. The van der Waals surface area contributed by atoms with E-state index in [4.69, 9.17) is 18.8 Å². The first-order valence-corrected chi connectivity index (χ1v) is 18.9. The van der Waals surface area contributed by atoms with E-state index in [1.165, 1.54) is 32.7 Å². The van der Waals surface area contributed by atoms with Crippen molar-refractivity contribution in [3.8, 4) is 34.0 Å². The highest BCUT2D eigenvalue weighted by atomic mass is 16.3.